The highest BCUT2D eigenvalue weighted by molar-refractivity contribution is 8.10. The number of thioether (sulfide) groups is 2. The Morgan fingerprint density at radius 2 is 1.30 bits per heavy atom. The summed E-state index contributed by atoms with van der Waals surface area (Å²) in [6, 6.07) is 29.7. The molecule has 0 saturated carbocycles. The summed E-state index contributed by atoms with van der Waals surface area (Å²) in [6.07, 6.45) is 0. The second-order valence-corrected chi connectivity index (χ2v) is 7.25. The van der Waals surface area contributed by atoms with Gasteiger partial charge in [0, 0.05) is 14.7 Å². The van der Waals surface area contributed by atoms with Crippen molar-refractivity contribution in [1.29, 1.82) is 0 Å². The van der Waals surface area contributed by atoms with E-state index in [0.29, 0.717) is 0 Å². The summed E-state index contributed by atoms with van der Waals surface area (Å²) in [5.74, 6) is 0. The number of hydrogen-bond donors (Lipinski definition) is 0. The molecule has 114 valence electrons. The van der Waals surface area contributed by atoms with Crippen LogP contribution in [-0.4, -0.2) is 0 Å². The highest BCUT2D eigenvalue weighted by Gasteiger charge is 2.04. The van der Waals surface area contributed by atoms with Crippen LogP contribution in [0.15, 0.2) is 100 Å². The molecule has 0 aliphatic carbocycles. The van der Waals surface area contributed by atoms with Crippen LogP contribution >= 0.6 is 23.5 Å². The lowest BCUT2D eigenvalue weighted by molar-refractivity contribution is 1.38. The third-order valence-corrected chi connectivity index (χ3v) is 5.48. The van der Waals surface area contributed by atoms with Crippen LogP contribution in [0.25, 0.3) is 4.91 Å². The molecule has 0 bridgehead atoms. The number of aryl methyl sites for hydroxylation is 1. The third-order valence-electron chi connectivity index (χ3n) is 3.35. The molecule has 0 N–H and O–H groups in total. The van der Waals surface area contributed by atoms with Crippen molar-refractivity contribution >= 4 is 28.4 Å². The molecule has 0 aromatic heterocycles. The maximum absolute atomic E-state index is 2.25. The average molecular weight is 335 g/mol. The lowest BCUT2D eigenvalue weighted by atomic mass is 10.2. The van der Waals surface area contributed by atoms with Crippen molar-refractivity contribution < 1.29 is 0 Å². The molecule has 0 saturated heterocycles. The van der Waals surface area contributed by atoms with Crippen LogP contribution in [0, 0.1) is 6.92 Å². The molecule has 3 rings (SSSR count). The summed E-state index contributed by atoms with van der Waals surface area (Å²) in [5, 5.41) is 2.25. The van der Waals surface area contributed by atoms with Crippen LogP contribution in [0.1, 0.15) is 11.1 Å². The number of rotatable bonds is 5. The average Bonchev–Trinajstić information content (AvgIpc) is 2.61. The van der Waals surface area contributed by atoms with Gasteiger partial charge in [-0.25, -0.2) is 0 Å². The van der Waals surface area contributed by atoms with E-state index in [9.17, 15) is 0 Å². The van der Waals surface area contributed by atoms with E-state index in [4.69, 9.17) is 0 Å². The molecule has 0 atom stereocenters. The smallest absolute Gasteiger partial charge is 0.0261 e. The Labute approximate surface area is 146 Å². The van der Waals surface area contributed by atoms with Gasteiger partial charge in [0.1, 0.15) is 0 Å². The van der Waals surface area contributed by atoms with Crippen molar-refractivity contribution in [2.75, 3.05) is 0 Å². The van der Waals surface area contributed by atoms with Crippen LogP contribution < -0.4 is 0 Å². The fourth-order valence-electron chi connectivity index (χ4n) is 2.11. The largest absolute Gasteiger partial charge is 0.0969 e. The van der Waals surface area contributed by atoms with Gasteiger partial charge in [-0.3, -0.25) is 0 Å². The van der Waals surface area contributed by atoms with Crippen molar-refractivity contribution in [2.24, 2.45) is 0 Å². The van der Waals surface area contributed by atoms with Gasteiger partial charge in [-0.05, 0) is 42.2 Å². The van der Waals surface area contributed by atoms with Crippen LogP contribution in [0.3, 0.4) is 0 Å². The first-order chi connectivity index (χ1) is 11.3. The van der Waals surface area contributed by atoms with Crippen LogP contribution in [0.5, 0.6) is 0 Å². The maximum atomic E-state index is 2.25. The molecule has 3 aromatic carbocycles. The van der Waals surface area contributed by atoms with E-state index >= 15 is 0 Å². The Hall–Kier alpha value is -1.90. The van der Waals surface area contributed by atoms with Gasteiger partial charge < -0.3 is 0 Å². The zero-order chi connectivity index (χ0) is 15.9. The molecule has 0 spiro atoms. The molecular formula is C21H18S2. The molecule has 0 heterocycles. The minimum atomic E-state index is 1.25. The van der Waals surface area contributed by atoms with Gasteiger partial charge in [0.15, 0.2) is 0 Å². The summed E-state index contributed by atoms with van der Waals surface area (Å²) in [6.45, 7) is 2.12. The Kier molecular flexibility index (Phi) is 5.62. The normalized spacial score (nSPS) is 11.4. The SMILES string of the molecule is Cc1ccc(S/C=C(\Sc2ccccc2)c2ccccc2)cc1. The summed E-state index contributed by atoms with van der Waals surface area (Å²) < 4.78 is 0. The Balaban J connectivity index is 1.85. The molecule has 0 radical (unpaired) electrons. The van der Waals surface area contributed by atoms with Gasteiger partial charge in [-0.15, -0.1) is 0 Å². The quantitative estimate of drug-likeness (QED) is 0.466. The molecule has 3 aromatic rings. The fraction of sp³-hybridized carbons (Fsp3) is 0.0476. The van der Waals surface area contributed by atoms with Crippen LogP contribution in [0.2, 0.25) is 0 Å². The van der Waals surface area contributed by atoms with Crippen molar-refractivity contribution in [1.82, 2.24) is 0 Å². The minimum Gasteiger partial charge on any atom is -0.0969 e. The van der Waals surface area contributed by atoms with Crippen molar-refractivity contribution in [2.45, 2.75) is 16.7 Å². The zero-order valence-electron chi connectivity index (χ0n) is 13.0. The minimum absolute atomic E-state index is 1.25. The van der Waals surface area contributed by atoms with Crippen molar-refractivity contribution in [3.8, 4) is 0 Å². The molecule has 0 nitrogen and oxygen atoms in total. The van der Waals surface area contributed by atoms with Gasteiger partial charge >= 0.3 is 0 Å². The van der Waals surface area contributed by atoms with E-state index in [1.807, 2.05) is 0 Å². The topological polar surface area (TPSA) is 0 Å². The summed E-state index contributed by atoms with van der Waals surface area (Å²) >= 11 is 3.57. The molecule has 0 amide bonds. The van der Waals surface area contributed by atoms with E-state index < -0.39 is 0 Å². The first-order valence-electron chi connectivity index (χ1n) is 7.53. The first-order valence-corrected chi connectivity index (χ1v) is 9.23. The van der Waals surface area contributed by atoms with Gasteiger partial charge in [0.2, 0.25) is 0 Å². The van der Waals surface area contributed by atoms with Gasteiger partial charge in [0.25, 0.3) is 0 Å². The van der Waals surface area contributed by atoms with Crippen LogP contribution in [0.4, 0.5) is 0 Å². The molecule has 23 heavy (non-hydrogen) atoms. The first kappa shape index (κ1) is 16.0. The lowest BCUT2D eigenvalue weighted by Crippen LogP contribution is -1.80. The molecule has 0 aliphatic heterocycles. The van der Waals surface area contributed by atoms with E-state index in [0.717, 1.165) is 0 Å². The standard InChI is InChI=1S/C21H18S2/c1-17-12-14-19(15-13-17)22-16-21(18-8-4-2-5-9-18)23-20-10-6-3-7-11-20/h2-16H,1H3/b21-16-. The highest BCUT2D eigenvalue weighted by atomic mass is 32.2. The number of hydrogen-bond acceptors (Lipinski definition) is 2. The lowest BCUT2D eigenvalue weighted by Gasteiger charge is -2.08. The Bertz CT molecular complexity index is 760. The molecule has 0 aliphatic rings. The Morgan fingerprint density at radius 1 is 0.696 bits per heavy atom. The predicted octanol–water partition coefficient (Wildman–Crippen LogP) is 6.88. The van der Waals surface area contributed by atoms with E-state index in [2.05, 4.69) is 97.3 Å². The molecule has 0 fully saturated rings. The van der Waals surface area contributed by atoms with Crippen molar-refractivity contribution in [3.05, 3.63) is 101 Å². The van der Waals surface area contributed by atoms with E-state index in [-0.39, 0.29) is 0 Å². The highest BCUT2D eigenvalue weighted by Crippen LogP contribution is 2.37. The number of benzene rings is 3. The summed E-state index contributed by atoms with van der Waals surface area (Å²) in [4.78, 5) is 3.78. The molecule has 0 unspecified atom stereocenters. The van der Waals surface area contributed by atoms with E-state index in [1.54, 1.807) is 23.5 Å². The maximum Gasteiger partial charge on any atom is 0.0261 e. The fourth-order valence-corrected chi connectivity index (χ4v) is 3.92. The van der Waals surface area contributed by atoms with Gasteiger partial charge in [-0.2, -0.15) is 0 Å². The van der Waals surface area contributed by atoms with Gasteiger partial charge in [-0.1, -0.05) is 89.8 Å². The second kappa shape index (κ2) is 8.09. The molecular weight excluding hydrogens is 316 g/mol. The predicted molar refractivity (Wildman–Crippen MR) is 104 cm³/mol. The summed E-state index contributed by atoms with van der Waals surface area (Å²) in [5.41, 5.74) is 2.54. The van der Waals surface area contributed by atoms with E-state index in [1.165, 1.54) is 25.8 Å². The summed E-state index contributed by atoms with van der Waals surface area (Å²) in [7, 11) is 0. The van der Waals surface area contributed by atoms with Gasteiger partial charge in [0.05, 0.1) is 0 Å². The second-order valence-electron chi connectivity index (χ2n) is 5.19. The molecule has 2 heteroatoms. The third kappa shape index (κ3) is 4.78. The van der Waals surface area contributed by atoms with Crippen molar-refractivity contribution in [3.63, 3.8) is 0 Å². The monoisotopic (exact) mass is 334 g/mol. The van der Waals surface area contributed by atoms with Crippen LogP contribution in [-0.2, 0) is 0 Å². The Morgan fingerprint density at radius 3 is 1.96 bits per heavy atom. The zero-order valence-corrected chi connectivity index (χ0v) is 14.6.